The zero-order chi connectivity index (χ0) is 8.85. The molecule has 0 unspecified atom stereocenters. The largest absolute Gasteiger partial charge is 0.534 e. The lowest BCUT2D eigenvalue weighted by atomic mass is 11.3. The Hall–Kier alpha value is -2.17. The maximum absolute atomic E-state index is 9.66. The normalized spacial score (nSPS) is 7.55. The van der Waals surface area contributed by atoms with E-state index in [-0.39, 0.29) is 5.23 Å². The van der Waals surface area contributed by atoms with Crippen LogP contribution in [-0.4, -0.2) is 27.8 Å². The summed E-state index contributed by atoms with van der Waals surface area (Å²) >= 11 is 0. The minimum absolute atomic E-state index is 0.370. The molecular formula is C3H2N2O6. The van der Waals surface area contributed by atoms with Gasteiger partial charge in [0.15, 0.2) is 0 Å². The molecule has 2 N–H and O–H groups in total. The molecule has 0 amide bonds. The van der Waals surface area contributed by atoms with Crippen molar-refractivity contribution in [2.75, 3.05) is 0 Å². The molecule has 0 fully saturated rings. The summed E-state index contributed by atoms with van der Waals surface area (Å²) in [5, 5.41) is 23.2. The van der Waals surface area contributed by atoms with Gasteiger partial charge in [-0.05, 0) is 0 Å². The molecule has 0 saturated carbocycles. The van der Waals surface area contributed by atoms with E-state index in [4.69, 9.17) is 15.5 Å². The molecule has 8 nitrogen and oxygen atoms in total. The fourth-order valence-corrected chi connectivity index (χ4v) is 0.201. The number of hydrogen-bond acceptors (Lipinski definition) is 6. The second-order valence-corrected chi connectivity index (χ2v) is 1.07. The molecule has 11 heavy (non-hydrogen) atoms. The van der Waals surface area contributed by atoms with E-state index in [9.17, 15) is 9.59 Å². The summed E-state index contributed by atoms with van der Waals surface area (Å²) in [6.07, 6.45) is -2.72. The zero-order valence-electron chi connectivity index (χ0n) is 4.92. The number of carbonyl (C=O) groups is 2. The summed E-state index contributed by atoms with van der Waals surface area (Å²) in [4.78, 5) is 26.3. The molecule has 0 aliphatic carbocycles. The molecule has 0 heterocycles. The van der Waals surface area contributed by atoms with Crippen molar-refractivity contribution < 1.29 is 29.5 Å². The smallest absolute Gasteiger partial charge is 0.448 e. The lowest BCUT2D eigenvalue weighted by Gasteiger charge is -2.06. The maximum atomic E-state index is 9.66. The van der Waals surface area contributed by atoms with Crippen LogP contribution in [0, 0.1) is 11.5 Å². The topological polar surface area (TPSA) is 120 Å². The number of hydroxylamine groups is 2. The summed E-state index contributed by atoms with van der Waals surface area (Å²) in [6.45, 7) is 0. The van der Waals surface area contributed by atoms with Crippen molar-refractivity contribution in [2.45, 2.75) is 0 Å². The molecule has 0 aromatic carbocycles. The van der Waals surface area contributed by atoms with Gasteiger partial charge in [0.25, 0.3) is 6.19 Å². The highest BCUT2D eigenvalue weighted by Gasteiger charge is 2.12. The molecule has 0 atom stereocenters. The van der Waals surface area contributed by atoms with Crippen LogP contribution < -0.4 is 0 Å². The van der Waals surface area contributed by atoms with E-state index < -0.39 is 12.3 Å². The van der Waals surface area contributed by atoms with Gasteiger partial charge in [0, 0.05) is 0 Å². The van der Waals surface area contributed by atoms with E-state index in [1.165, 1.54) is 0 Å². The third-order valence-corrected chi connectivity index (χ3v) is 0.404. The third-order valence-electron chi connectivity index (χ3n) is 0.404. The zero-order valence-corrected chi connectivity index (χ0v) is 4.92. The van der Waals surface area contributed by atoms with E-state index in [2.05, 4.69) is 9.68 Å². The van der Waals surface area contributed by atoms with Crippen LogP contribution in [0.3, 0.4) is 0 Å². The van der Waals surface area contributed by atoms with Crippen molar-refractivity contribution in [3.05, 3.63) is 0 Å². The van der Waals surface area contributed by atoms with Crippen LogP contribution in [0.4, 0.5) is 9.59 Å². The fraction of sp³-hybridized carbons (Fsp3) is 0. The predicted molar refractivity (Wildman–Crippen MR) is 25.7 cm³/mol. The van der Waals surface area contributed by atoms with Crippen molar-refractivity contribution in [3.8, 4) is 6.19 Å². The number of nitriles is 1. The van der Waals surface area contributed by atoms with Crippen molar-refractivity contribution in [1.82, 2.24) is 5.23 Å². The summed E-state index contributed by atoms with van der Waals surface area (Å²) in [7, 11) is 0. The molecule has 8 heteroatoms. The van der Waals surface area contributed by atoms with Gasteiger partial charge in [-0.15, -0.1) is 0 Å². The molecule has 0 rings (SSSR count). The predicted octanol–water partition coefficient (Wildman–Crippen LogP) is -0.0113. The van der Waals surface area contributed by atoms with Gasteiger partial charge in [0.05, 0.1) is 5.23 Å². The minimum atomic E-state index is -1.85. The summed E-state index contributed by atoms with van der Waals surface area (Å²) in [5.74, 6) is 0. The molecule has 0 spiro atoms. The van der Waals surface area contributed by atoms with Gasteiger partial charge >= 0.3 is 12.3 Å². The van der Waals surface area contributed by atoms with Crippen LogP contribution in [-0.2, 0) is 9.68 Å². The quantitative estimate of drug-likeness (QED) is 0.330. The Morgan fingerprint density at radius 3 is 1.82 bits per heavy atom. The fourth-order valence-electron chi connectivity index (χ4n) is 0.201. The Morgan fingerprint density at radius 1 is 1.27 bits per heavy atom. The second kappa shape index (κ2) is 3.78. The van der Waals surface area contributed by atoms with Crippen LogP contribution in [0.5, 0.6) is 0 Å². The molecule has 0 saturated heterocycles. The standard InChI is InChI=1S/C3H2N2O6/c4-1-5(10-2(6)7)11-3(8)9/h(H,6,7)(H,8,9). The number of hydrogen-bond donors (Lipinski definition) is 2. The Balaban J connectivity index is 3.89. The average Bonchev–Trinajstić information content (AvgIpc) is 1.84. The first kappa shape index (κ1) is 8.83. The van der Waals surface area contributed by atoms with Crippen molar-refractivity contribution in [2.24, 2.45) is 0 Å². The third kappa shape index (κ3) is 4.34. The van der Waals surface area contributed by atoms with E-state index in [0.29, 0.717) is 0 Å². The summed E-state index contributed by atoms with van der Waals surface area (Å²) < 4.78 is 0. The Bertz CT molecular complexity index is 190. The van der Waals surface area contributed by atoms with Crippen LogP contribution in [0.25, 0.3) is 0 Å². The molecule has 0 aromatic rings. The molecule has 0 aliphatic rings. The number of nitrogens with zero attached hydrogens (tertiary/aromatic N) is 2. The first-order chi connectivity index (χ1) is 5.06. The van der Waals surface area contributed by atoms with Crippen molar-refractivity contribution in [3.63, 3.8) is 0 Å². The monoisotopic (exact) mass is 162 g/mol. The molecule has 0 aromatic heterocycles. The minimum Gasteiger partial charge on any atom is -0.448 e. The Kier molecular flexibility index (Phi) is 3.03. The molecule has 0 bridgehead atoms. The van der Waals surface area contributed by atoms with E-state index in [1.54, 1.807) is 0 Å². The van der Waals surface area contributed by atoms with Gasteiger partial charge in [-0.3, -0.25) is 9.68 Å². The van der Waals surface area contributed by atoms with E-state index in [1.807, 2.05) is 0 Å². The highest BCUT2D eigenvalue weighted by molar-refractivity contribution is 5.58. The summed E-state index contributed by atoms with van der Waals surface area (Å²) in [5.41, 5.74) is 0. The number of carboxylic acid groups (broad SMARTS) is 2. The van der Waals surface area contributed by atoms with Crippen LogP contribution in [0.2, 0.25) is 0 Å². The van der Waals surface area contributed by atoms with Gasteiger partial charge in [-0.1, -0.05) is 0 Å². The molecule has 0 aliphatic heterocycles. The average molecular weight is 162 g/mol. The summed E-state index contributed by atoms with van der Waals surface area (Å²) in [6, 6.07) is 0. The van der Waals surface area contributed by atoms with Crippen molar-refractivity contribution >= 4 is 12.3 Å². The molecule has 0 radical (unpaired) electrons. The second-order valence-electron chi connectivity index (χ2n) is 1.07. The highest BCUT2D eigenvalue weighted by Crippen LogP contribution is 1.90. The first-order valence-corrected chi connectivity index (χ1v) is 2.08. The van der Waals surface area contributed by atoms with Gasteiger partial charge in [0.2, 0.25) is 0 Å². The van der Waals surface area contributed by atoms with Crippen LogP contribution in [0.15, 0.2) is 0 Å². The Labute approximate surface area is 59.7 Å². The van der Waals surface area contributed by atoms with Gasteiger partial charge in [-0.2, -0.15) is 5.26 Å². The lowest BCUT2D eigenvalue weighted by Crippen LogP contribution is -2.24. The van der Waals surface area contributed by atoms with E-state index >= 15 is 0 Å². The van der Waals surface area contributed by atoms with Gasteiger partial charge < -0.3 is 10.2 Å². The van der Waals surface area contributed by atoms with Gasteiger partial charge in [-0.25, -0.2) is 9.59 Å². The van der Waals surface area contributed by atoms with E-state index in [0.717, 1.165) is 6.19 Å². The Morgan fingerprint density at radius 2 is 1.64 bits per heavy atom. The lowest BCUT2D eigenvalue weighted by molar-refractivity contribution is -0.268. The molecular weight excluding hydrogens is 160 g/mol. The van der Waals surface area contributed by atoms with Crippen molar-refractivity contribution in [1.29, 1.82) is 5.26 Å². The number of rotatable bonds is 2. The maximum Gasteiger partial charge on any atom is 0.534 e. The van der Waals surface area contributed by atoms with Crippen LogP contribution >= 0.6 is 0 Å². The SMILES string of the molecule is N#CN(OC(=O)O)OC(=O)O. The van der Waals surface area contributed by atoms with Crippen LogP contribution in [0.1, 0.15) is 0 Å². The first-order valence-electron chi connectivity index (χ1n) is 2.08. The molecule has 60 valence electrons. The highest BCUT2D eigenvalue weighted by atomic mass is 17.0. The van der Waals surface area contributed by atoms with Gasteiger partial charge in [0.1, 0.15) is 0 Å².